The highest BCUT2D eigenvalue weighted by Crippen LogP contribution is 2.36. The quantitative estimate of drug-likeness (QED) is 0.387. The summed E-state index contributed by atoms with van der Waals surface area (Å²) >= 11 is 6.28. The molecule has 0 radical (unpaired) electrons. The Kier molecular flexibility index (Phi) is 3.90. The van der Waals surface area contributed by atoms with Gasteiger partial charge in [0.15, 0.2) is 11.5 Å². The van der Waals surface area contributed by atoms with Crippen LogP contribution in [-0.4, -0.2) is 24.5 Å². The first kappa shape index (κ1) is 18.7. The molecule has 7 nitrogen and oxygen atoms in total. The topological polar surface area (TPSA) is 93.5 Å². The van der Waals surface area contributed by atoms with Crippen LogP contribution >= 0.6 is 11.6 Å². The Bertz CT molecular complexity index is 1810. The predicted octanol–water partition coefficient (Wildman–Crippen LogP) is 4.24. The number of hydrogen-bond acceptors (Lipinski definition) is 5. The van der Waals surface area contributed by atoms with Crippen molar-refractivity contribution in [3.63, 3.8) is 0 Å². The molecule has 0 saturated carbocycles. The van der Waals surface area contributed by atoms with E-state index in [0.717, 1.165) is 27.5 Å². The van der Waals surface area contributed by atoms with Crippen molar-refractivity contribution in [1.29, 1.82) is 0 Å². The van der Waals surface area contributed by atoms with E-state index < -0.39 is 11.2 Å². The maximum atomic E-state index is 12.7. The lowest BCUT2D eigenvalue weighted by molar-refractivity contribution is 0.943. The molecule has 32 heavy (non-hydrogen) atoms. The van der Waals surface area contributed by atoms with Gasteiger partial charge in [0, 0.05) is 15.8 Å². The van der Waals surface area contributed by atoms with Crippen LogP contribution in [0.4, 0.5) is 0 Å². The Morgan fingerprint density at radius 3 is 2.59 bits per heavy atom. The first-order chi connectivity index (χ1) is 15.5. The van der Waals surface area contributed by atoms with Crippen molar-refractivity contribution in [3.8, 4) is 17.2 Å². The summed E-state index contributed by atoms with van der Waals surface area (Å²) in [5.41, 5.74) is 3.33. The number of hydrogen-bond donors (Lipinski definition) is 1. The zero-order chi connectivity index (χ0) is 22.0. The third-order valence-electron chi connectivity index (χ3n) is 5.59. The van der Waals surface area contributed by atoms with Crippen LogP contribution in [0.1, 0.15) is 5.56 Å². The molecule has 0 unspecified atom stereocenters. The SMILES string of the molecule is Cc1cccc2c(-n3c4nc(=O)[nH]c(=O)c-4nc4ccccc43)c3ccc(Cl)cc3nc12. The fourth-order valence-corrected chi connectivity index (χ4v) is 4.37. The number of aromatic amines is 1. The van der Waals surface area contributed by atoms with Crippen LogP contribution in [-0.2, 0) is 0 Å². The summed E-state index contributed by atoms with van der Waals surface area (Å²) in [4.78, 5) is 40.6. The second-order valence-corrected chi connectivity index (χ2v) is 8.01. The van der Waals surface area contributed by atoms with Crippen LogP contribution in [0.5, 0.6) is 0 Å². The number of H-pyrrole nitrogens is 1. The number of aryl methyl sites for hydroxylation is 1. The lowest BCUT2D eigenvalue weighted by Gasteiger charge is -2.20. The Morgan fingerprint density at radius 2 is 1.72 bits per heavy atom. The Hall–Kier alpha value is -4.10. The number of nitrogens with zero attached hydrogens (tertiary/aromatic N) is 4. The van der Waals surface area contributed by atoms with E-state index in [9.17, 15) is 9.59 Å². The average molecular weight is 440 g/mol. The van der Waals surface area contributed by atoms with E-state index in [1.807, 2.05) is 60.0 Å². The summed E-state index contributed by atoms with van der Waals surface area (Å²) in [5, 5.41) is 2.23. The standard InChI is InChI=1S/C24H14ClN5O2/c1-12-5-4-6-15-19(12)27-17-11-13(25)9-10-14(17)21(15)30-18-8-3-2-7-16(18)26-20-22(30)28-24(32)29-23(20)31/h2-11H,1H3,(H,29,31,32). The van der Waals surface area contributed by atoms with Crippen molar-refractivity contribution in [3.05, 3.63) is 92.1 Å². The largest absolute Gasteiger partial charge is 0.349 e. The molecule has 1 N–H and O–H groups in total. The molecule has 2 aliphatic rings. The van der Waals surface area contributed by atoms with Gasteiger partial charge in [-0.2, -0.15) is 4.98 Å². The minimum absolute atomic E-state index is 0.0861. The van der Waals surface area contributed by atoms with Gasteiger partial charge in [0.2, 0.25) is 0 Å². The molecule has 1 aromatic heterocycles. The molecule has 154 valence electrons. The van der Waals surface area contributed by atoms with Crippen molar-refractivity contribution < 1.29 is 0 Å². The van der Waals surface area contributed by atoms with Crippen LogP contribution in [0.3, 0.4) is 0 Å². The van der Waals surface area contributed by atoms with E-state index in [4.69, 9.17) is 16.6 Å². The van der Waals surface area contributed by atoms with Crippen LogP contribution in [0.2, 0.25) is 5.02 Å². The molecule has 8 heteroatoms. The van der Waals surface area contributed by atoms with Gasteiger partial charge in [-0.05, 0) is 42.8 Å². The number of halogens is 1. The lowest BCUT2D eigenvalue weighted by Crippen LogP contribution is -2.28. The van der Waals surface area contributed by atoms with E-state index in [2.05, 4.69) is 15.0 Å². The van der Waals surface area contributed by atoms with Crippen molar-refractivity contribution in [2.75, 3.05) is 0 Å². The van der Waals surface area contributed by atoms with Gasteiger partial charge in [-0.1, -0.05) is 41.9 Å². The van der Waals surface area contributed by atoms with Crippen LogP contribution < -0.4 is 11.2 Å². The number of benzene rings is 3. The molecule has 0 bridgehead atoms. The minimum atomic E-state index is -0.727. The summed E-state index contributed by atoms with van der Waals surface area (Å²) in [7, 11) is 0. The van der Waals surface area contributed by atoms with Gasteiger partial charge in [0.05, 0.1) is 27.8 Å². The van der Waals surface area contributed by atoms with E-state index in [1.54, 1.807) is 12.1 Å². The van der Waals surface area contributed by atoms with Gasteiger partial charge in [-0.3, -0.25) is 14.3 Å². The van der Waals surface area contributed by atoms with Gasteiger partial charge in [-0.25, -0.2) is 14.8 Å². The van der Waals surface area contributed by atoms with Crippen molar-refractivity contribution in [2.45, 2.75) is 6.92 Å². The number of para-hydroxylation sites is 3. The molecule has 3 aromatic carbocycles. The van der Waals surface area contributed by atoms with Crippen molar-refractivity contribution in [2.24, 2.45) is 0 Å². The van der Waals surface area contributed by atoms with Gasteiger partial charge >= 0.3 is 5.69 Å². The second kappa shape index (κ2) is 6.70. The maximum absolute atomic E-state index is 12.7. The molecule has 0 atom stereocenters. The number of fused-ring (bicyclic) bond motifs is 4. The molecule has 4 aromatic rings. The molecule has 0 spiro atoms. The van der Waals surface area contributed by atoms with Gasteiger partial charge < -0.3 is 0 Å². The molecular weight excluding hydrogens is 426 g/mol. The molecule has 2 aliphatic heterocycles. The number of nitrogens with one attached hydrogen (secondary N) is 1. The summed E-state index contributed by atoms with van der Waals surface area (Å²) in [6, 6.07) is 18.8. The van der Waals surface area contributed by atoms with Gasteiger partial charge in [0.1, 0.15) is 0 Å². The van der Waals surface area contributed by atoms with Crippen LogP contribution in [0.15, 0.2) is 70.3 Å². The summed E-state index contributed by atoms with van der Waals surface area (Å²) in [6.07, 6.45) is 0. The third kappa shape index (κ3) is 2.65. The predicted molar refractivity (Wildman–Crippen MR) is 125 cm³/mol. The van der Waals surface area contributed by atoms with E-state index in [1.165, 1.54) is 0 Å². The third-order valence-corrected chi connectivity index (χ3v) is 5.82. The van der Waals surface area contributed by atoms with E-state index in [-0.39, 0.29) is 11.5 Å². The van der Waals surface area contributed by atoms with Gasteiger partial charge in [0.25, 0.3) is 5.56 Å². The monoisotopic (exact) mass is 439 g/mol. The minimum Gasteiger partial charge on any atom is -0.289 e. The molecule has 3 heterocycles. The summed E-state index contributed by atoms with van der Waals surface area (Å²) in [6.45, 7) is 1.99. The average Bonchev–Trinajstić information content (AvgIpc) is 2.77. The number of rotatable bonds is 1. The van der Waals surface area contributed by atoms with Crippen molar-refractivity contribution >= 4 is 44.4 Å². The van der Waals surface area contributed by atoms with Crippen molar-refractivity contribution in [1.82, 2.24) is 24.5 Å². The Labute approximate surface area is 185 Å². The first-order valence-corrected chi connectivity index (χ1v) is 10.3. The fourth-order valence-electron chi connectivity index (χ4n) is 4.20. The Morgan fingerprint density at radius 1 is 0.875 bits per heavy atom. The molecule has 0 saturated heterocycles. The summed E-state index contributed by atoms with van der Waals surface area (Å²) in [5.74, 6) is 0.183. The van der Waals surface area contributed by atoms with Gasteiger partial charge in [-0.15, -0.1) is 0 Å². The maximum Gasteiger partial charge on any atom is 0.349 e. The number of aromatic nitrogens is 5. The molecule has 0 fully saturated rings. The van der Waals surface area contributed by atoms with Crippen LogP contribution in [0, 0.1) is 6.92 Å². The summed E-state index contributed by atoms with van der Waals surface area (Å²) < 4.78 is 1.83. The highest BCUT2D eigenvalue weighted by molar-refractivity contribution is 6.31. The highest BCUT2D eigenvalue weighted by atomic mass is 35.5. The molecular formula is C24H14ClN5O2. The fraction of sp³-hybridized carbons (Fsp3) is 0.0417. The first-order valence-electron chi connectivity index (χ1n) is 9.92. The van der Waals surface area contributed by atoms with Crippen LogP contribution in [0.25, 0.3) is 50.0 Å². The van der Waals surface area contributed by atoms with E-state index >= 15 is 0 Å². The lowest BCUT2D eigenvalue weighted by atomic mass is 10.0. The molecule has 0 amide bonds. The number of pyridine rings is 1. The normalized spacial score (nSPS) is 11.7. The zero-order valence-electron chi connectivity index (χ0n) is 16.8. The zero-order valence-corrected chi connectivity index (χ0v) is 17.5. The van der Waals surface area contributed by atoms with E-state index in [0.29, 0.717) is 21.6 Å². The molecule has 0 aliphatic carbocycles. The Balaban J connectivity index is 1.96. The second-order valence-electron chi connectivity index (χ2n) is 7.57. The highest BCUT2D eigenvalue weighted by Gasteiger charge is 2.23. The smallest absolute Gasteiger partial charge is 0.289 e. The molecule has 6 rings (SSSR count).